The summed E-state index contributed by atoms with van der Waals surface area (Å²) < 4.78 is 3.81. The van der Waals surface area contributed by atoms with Crippen LogP contribution >= 0.6 is 0 Å². The number of hydrogen-bond acceptors (Lipinski definition) is 4. The molecular weight excluding hydrogens is 302 g/mol. The monoisotopic (exact) mass is 325 g/mol. The van der Waals surface area contributed by atoms with Crippen LogP contribution in [0.4, 0.5) is 0 Å². The van der Waals surface area contributed by atoms with Gasteiger partial charge in [0.15, 0.2) is 0 Å². The third-order valence-corrected chi connectivity index (χ3v) is 4.00. The lowest BCUT2D eigenvalue weighted by Crippen LogP contribution is -2.27. The van der Waals surface area contributed by atoms with Crippen molar-refractivity contribution in [2.75, 3.05) is 13.2 Å². The minimum Gasteiger partial charge on any atom is -0.395 e. The van der Waals surface area contributed by atoms with Gasteiger partial charge in [0.25, 0.3) is 0 Å². The Morgan fingerprint density at radius 1 is 1.04 bits per heavy atom. The lowest BCUT2D eigenvalue weighted by Gasteiger charge is -2.20. The zero-order valence-corrected chi connectivity index (χ0v) is 13.9. The summed E-state index contributed by atoms with van der Waals surface area (Å²) >= 11 is 0. The molecule has 0 amide bonds. The van der Waals surface area contributed by atoms with Crippen molar-refractivity contribution in [2.24, 2.45) is 7.05 Å². The smallest absolute Gasteiger partial charge is 0.0659 e. The molecule has 0 atom stereocenters. The summed E-state index contributed by atoms with van der Waals surface area (Å²) in [4.78, 5) is 2.20. The first-order valence-corrected chi connectivity index (χ1v) is 8.10. The fourth-order valence-electron chi connectivity index (χ4n) is 2.74. The number of nitrogens with zero attached hydrogens (tertiary/aromatic N) is 5. The highest BCUT2D eigenvalue weighted by Crippen LogP contribution is 2.10. The predicted molar refractivity (Wildman–Crippen MR) is 92.2 cm³/mol. The van der Waals surface area contributed by atoms with E-state index < -0.39 is 0 Å². The lowest BCUT2D eigenvalue weighted by atomic mass is 10.2. The molecule has 0 aliphatic carbocycles. The maximum absolute atomic E-state index is 9.33. The van der Waals surface area contributed by atoms with E-state index in [1.807, 2.05) is 46.9 Å². The number of aryl methyl sites for hydroxylation is 1. The molecule has 6 heteroatoms. The topological polar surface area (TPSA) is 59.1 Å². The van der Waals surface area contributed by atoms with Crippen LogP contribution in [-0.4, -0.2) is 42.7 Å². The Balaban J connectivity index is 1.63. The van der Waals surface area contributed by atoms with Gasteiger partial charge < -0.3 is 5.11 Å². The van der Waals surface area contributed by atoms with Crippen LogP contribution < -0.4 is 0 Å². The highest BCUT2D eigenvalue weighted by molar-refractivity contribution is 5.15. The summed E-state index contributed by atoms with van der Waals surface area (Å²) in [5.41, 5.74) is 3.50. The zero-order chi connectivity index (χ0) is 16.8. The average Bonchev–Trinajstić information content (AvgIpc) is 3.18. The van der Waals surface area contributed by atoms with Gasteiger partial charge in [0.1, 0.15) is 0 Å². The largest absolute Gasteiger partial charge is 0.395 e. The third-order valence-electron chi connectivity index (χ3n) is 4.00. The molecular formula is C18H23N5O. The highest BCUT2D eigenvalue weighted by Gasteiger charge is 2.10. The molecule has 0 saturated carbocycles. The summed E-state index contributed by atoms with van der Waals surface area (Å²) in [7, 11) is 1.93. The van der Waals surface area contributed by atoms with Crippen LogP contribution in [0.3, 0.4) is 0 Å². The molecule has 0 radical (unpaired) electrons. The van der Waals surface area contributed by atoms with Crippen LogP contribution in [0.5, 0.6) is 0 Å². The molecule has 3 aromatic rings. The number of benzene rings is 1. The molecule has 1 aromatic carbocycles. The van der Waals surface area contributed by atoms with E-state index in [-0.39, 0.29) is 6.61 Å². The Labute approximate surface area is 142 Å². The van der Waals surface area contributed by atoms with Crippen molar-refractivity contribution in [3.05, 3.63) is 71.8 Å². The van der Waals surface area contributed by atoms with E-state index in [1.54, 1.807) is 6.20 Å². The summed E-state index contributed by atoms with van der Waals surface area (Å²) in [6, 6.07) is 12.3. The van der Waals surface area contributed by atoms with Crippen molar-refractivity contribution >= 4 is 0 Å². The van der Waals surface area contributed by atoms with Gasteiger partial charge in [-0.25, -0.2) is 0 Å². The van der Waals surface area contributed by atoms with Crippen molar-refractivity contribution in [1.82, 2.24) is 24.5 Å². The minimum absolute atomic E-state index is 0.135. The second-order valence-electron chi connectivity index (χ2n) is 5.91. The van der Waals surface area contributed by atoms with Crippen LogP contribution in [0.25, 0.3) is 0 Å². The van der Waals surface area contributed by atoms with Crippen LogP contribution in [0, 0.1) is 0 Å². The molecule has 0 aliphatic heterocycles. The van der Waals surface area contributed by atoms with Gasteiger partial charge in [0, 0.05) is 44.6 Å². The van der Waals surface area contributed by atoms with Crippen LogP contribution in [0.1, 0.15) is 16.8 Å². The lowest BCUT2D eigenvalue weighted by molar-refractivity contribution is 0.181. The predicted octanol–water partition coefficient (Wildman–Crippen LogP) is 1.66. The molecule has 2 aromatic heterocycles. The van der Waals surface area contributed by atoms with E-state index >= 15 is 0 Å². The molecule has 1 N–H and O–H groups in total. The van der Waals surface area contributed by atoms with Gasteiger partial charge in [-0.2, -0.15) is 10.2 Å². The van der Waals surface area contributed by atoms with Crippen molar-refractivity contribution in [1.29, 1.82) is 0 Å². The van der Waals surface area contributed by atoms with Gasteiger partial charge in [-0.3, -0.25) is 14.3 Å². The molecule has 2 heterocycles. The first-order valence-electron chi connectivity index (χ1n) is 8.10. The molecule has 0 aliphatic rings. The van der Waals surface area contributed by atoms with Gasteiger partial charge in [-0.1, -0.05) is 30.3 Å². The second kappa shape index (κ2) is 7.90. The summed E-state index contributed by atoms with van der Waals surface area (Å²) in [5.74, 6) is 0. The summed E-state index contributed by atoms with van der Waals surface area (Å²) in [5, 5.41) is 18.0. The normalized spacial score (nSPS) is 11.3. The summed E-state index contributed by atoms with van der Waals surface area (Å²) in [6.07, 6.45) is 5.77. The van der Waals surface area contributed by atoms with Crippen molar-refractivity contribution < 1.29 is 5.11 Å². The van der Waals surface area contributed by atoms with Crippen LogP contribution in [0.2, 0.25) is 0 Å². The molecule has 24 heavy (non-hydrogen) atoms. The Morgan fingerprint density at radius 2 is 1.88 bits per heavy atom. The first kappa shape index (κ1) is 16.4. The van der Waals surface area contributed by atoms with Crippen molar-refractivity contribution in [3.8, 4) is 0 Å². The Kier molecular flexibility index (Phi) is 5.40. The van der Waals surface area contributed by atoms with E-state index in [0.717, 1.165) is 30.9 Å². The van der Waals surface area contributed by atoms with Crippen LogP contribution in [0.15, 0.2) is 55.0 Å². The van der Waals surface area contributed by atoms with Gasteiger partial charge in [-0.05, 0) is 11.6 Å². The first-order chi connectivity index (χ1) is 11.7. The number of aliphatic hydroxyl groups is 1. The number of rotatable bonds is 8. The van der Waals surface area contributed by atoms with Gasteiger partial charge in [-0.15, -0.1) is 0 Å². The van der Waals surface area contributed by atoms with E-state index in [2.05, 4.69) is 33.4 Å². The average molecular weight is 325 g/mol. The third kappa shape index (κ3) is 4.31. The van der Waals surface area contributed by atoms with E-state index in [0.29, 0.717) is 6.54 Å². The second-order valence-corrected chi connectivity index (χ2v) is 5.91. The molecule has 0 fully saturated rings. The van der Waals surface area contributed by atoms with Gasteiger partial charge in [0.05, 0.1) is 25.0 Å². The van der Waals surface area contributed by atoms with E-state index in [4.69, 9.17) is 0 Å². The molecule has 0 bridgehead atoms. The summed E-state index contributed by atoms with van der Waals surface area (Å²) in [6.45, 7) is 3.02. The fourth-order valence-corrected chi connectivity index (χ4v) is 2.74. The molecule has 6 nitrogen and oxygen atoms in total. The van der Waals surface area contributed by atoms with Crippen LogP contribution in [-0.2, 0) is 26.7 Å². The molecule has 0 saturated heterocycles. The van der Waals surface area contributed by atoms with E-state index in [9.17, 15) is 5.11 Å². The number of aliphatic hydroxyl groups excluding tert-OH is 1. The fraction of sp³-hybridized carbons (Fsp3) is 0.333. The standard InChI is InChI=1S/C18H23N5O/c1-21-18(7-8-19-21)15-22(9-10-24)12-17-11-20-23(14-17)13-16-5-3-2-4-6-16/h2-8,11,14,24H,9-10,12-13,15H2,1H3. The quantitative estimate of drug-likeness (QED) is 0.684. The van der Waals surface area contributed by atoms with Crippen molar-refractivity contribution in [2.45, 2.75) is 19.6 Å². The molecule has 3 rings (SSSR count). The Bertz CT molecular complexity index is 750. The molecule has 0 unspecified atom stereocenters. The Hall–Kier alpha value is -2.44. The van der Waals surface area contributed by atoms with E-state index in [1.165, 1.54) is 5.56 Å². The zero-order valence-electron chi connectivity index (χ0n) is 13.9. The maximum Gasteiger partial charge on any atom is 0.0659 e. The SMILES string of the molecule is Cn1nccc1CN(CCO)Cc1cnn(Cc2ccccc2)c1. The molecule has 126 valence electrons. The number of hydrogen-bond donors (Lipinski definition) is 1. The highest BCUT2D eigenvalue weighted by atomic mass is 16.3. The van der Waals surface area contributed by atoms with Gasteiger partial charge in [0.2, 0.25) is 0 Å². The minimum atomic E-state index is 0.135. The maximum atomic E-state index is 9.33. The van der Waals surface area contributed by atoms with Gasteiger partial charge >= 0.3 is 0 Å². The molecule has 0 spiro atoms. The Morgan fingerprint density at radius 3 is 2.58 bits per heavy atom. The van der Waals surface area contributed by atoms with Crippen molar-refractivity contribution in [3.63, 3.8) is 0 Å². The number of aromatic nitrogens is 4.